The Kier molecular flexibility index (Phi) is 7.59. The van der Waals surface area contributed by atoms with Gasteiger partial charge >= 0.3 is 11.9 Å². The molecule has 0 saturated carbocycles. The van der Waals surface area contributed by atoms with Crippen LogP contribution >= 0.6 is 0 Å². The molecule has 0 amide bonds. The van der Waals surface area contributed by atoms with Crippen molar-refractivity contribution in [2.24, 2.45) is 7.05 Å². The first-order valence-electron chi connectivity index (χ1n) is 15.2. The maximum atomic E-state index is 14.4. The van der Waals surface area contributed by atoms with Gasteiger partial charge in [-0.15, -0.1) is 10.2 Å². The van der Waals surface area contributed by atoms with E-state index < -0.39 is 17.4 Å². The normalized spacial score (nSPS) is 20.3. The zero-order chi connectivity index (χ0) is 30.5. The molecule has 3 aromatic heterocycles. The lowest BCUT2D eigenvalue weighted by atomic mass is 9.75. The summed E-state index contributed by atoms with van der Waals surface area (Å²) >= 11 is 0. The van der Waals surface area contributed by atoms with Crippen molar-refractivity contribution in [1.82, 2.24) is 38.8 Å². The average molecular weight is 611 g/mol. The third kappa shape index (κ3) is 5.46. The number of halogens is 3. The van der Waals surface area contributed by atoms with Gasteiger partial charge in [-0.2, -0.15) is 13.2 Å². The highest BCUT2D eigenvalue weighted by atomic mass is 19.4. The number of nitrogens with one attached hydrogen (secondary N) is 1. The van der Waals surface area contributed by atoms with E-state index in [0.717, 1.165) is 67.9 Å². The smallest absolute Gasteiger partial charge is 0.379 e. The van der Waals surface area contributed by atoms with Crippen molar-refractivity contribution in [3.8, 4) is 5.69 Å². The zero-order valence-electron chi connectivity index (χ0n) is 24.8. The minimum absolute atomic E-state index is 0.158. The number of hydrogen-bond donors (Lipinski definition) is 1. The first-order valence-corrected chi connectivity index (χ1v) is 15.2. The van der Waals surface area contributed by atoms with E-state index in [4.69, 9.17) is 4.74 Å². The Morgan fingerprint density at radius 3 is 2.50 bits per heavy atom. The van der Waals surface area contributed by atoms with Gasteiger partial charge in [0, 0.05) is 70.0 Å². The van der Waals surface area contributed by atoms with Crippen molar-refractivity contribution < 1.29 is 17.9 Å². The van der Waals surface area contributed by atoms with Gasteiger partial charge < -0.3 is 14.6 Å². The number of imidazole rings is 1. The summed E-state index contributed by atoms with van der Waals surface area (Å²) < 4.78 is 53.1. The van der Waals surface area contributed by atoms with Gasteiger partial charge in [0.05, 0.1) is 30.0 Å². The van der Waals surface area contributed by atoms with Crippen LogP contribution in [0.1, 0.15) is 35.4 Å². The molecule has 3 saturated heterocycles. The van der Waals surface area contributed by atoms with Crippen LogP contribution in [0.5, 0.6) is 0 Å². The minimum Gasteiger partial charge on any atom is -0.379 e. The number of nitrogens with zero attached hydrogens (tertiary/aromatic N) is 7. The third-order valence-electron chi connectivity index (χ3n) is 9.56. The van der Waals surface area contributed by atoms with Gasteiger partial charge in [0.2, 0.25) is 0 Å². The van der Waals surface area contributed by atoms with E-state index in [9.17, 15) is 18.0 Å². The molecule has 3 aliphatic rings. The molecule has 234 valence electrons. The second kappa shape index (κ2) is 11.4. The molecule has 1 N–H and O–H groups in total. The number of benzene rings is 1. The fourth-order valence-corrected chi connectivity index (χ4v) is 6.97. The van der Waals surface area contributed by atoms with Gasteiger partial charge in [-0.05, 0) is 55.3 Å². The van der Waals surface area contributed by atoms with Gasteiger partial charge in [-0.3, -0.25) is 18.8 Å². The van der Waals surface area contributed by atoms with Crippen LogP contribution in [0, 0.1) is 0 Å². The lowest BCUT2D eigenvalue weighted by molar-refractivity contribution is -0.136. The first-order chi connectivity index (χ1) is 21.2. The van der Waals surface area contributed by atoms with Crippen LogP contribution in [-0.2, 0) is 36.3 Å². The molecule has 0 bridgehead atoms. The number of likely N-dealkylation sites (tertiary alicyclic amines) is 1. The fourth-order valence-electron chi connectivity index (χ4n) is 6.97. The van der Waals surface area contributed by atoms with E-state index in [2.05, 4.69) is 25.3 Å². The molecule has 3 fully saturated rings. The Morgan fingerprint density at radius 1 is 1.07 bits per heavy atom. The highest BCUT2D eigenvalue weighted by Crippen LogP contribution is 2.37. The van der Waals surface area contributed by atoms with E-state index >= 15 is 0 Å². The van der Waals surface area contributed by atoms with E-state index in [1.165, 1.54) is 16.8 Å². The lowest BCUT2D eigenvalue weighted by Crippen LogP contribution is -2.51. The quantitative estimate of drug-likeness (QED) is 0.345. The Hall–Kier alpha value is -3.52. The standard InChI is InChI=1S/C31H37F3N8O2/c1-38-21-36-37-28(38)15-30(19-44-20-30)23-3-2-4-25(14-23)41-18-27-26(31(32,33)34)13-22(17-42(27)29(41)43)16-39-9-5-24(6-10-39)40-11-7-35-8-12-40/h2-4,13-14,17-18,21,24,35H,5-12,15-16,19-20H2,1H3. The number of hydrogen-bond acceptors (Lipinski definition) is 7. The van der Waals surface area contributed by atoms with Crippen molar-refractivity contribution in [1.29, 1.82) is 0 Å². The highest BCUT2D eigenvalue weighted by Gasteiger charge is 2.42. The number of alkyl halides is 3. The van der Waals surface area contributed by atoms with Crippen molar-refractivity contribution in [3.05, 3.63) is 82.1 Å². The van der Waals surface area contributed by atoms with Gasteiger partial charge in [0.25, 0.3) is 0 Å². The second-order valence-electron chi connectivity index (χ2n) is 12.4. The number of ether oxygens (including phenoxy) is 1. The van der Waals surface area contributed by atoms with Gasteiger partial charge in [-0.25, -0.2) is 4.79 Å². The van der Waals surface area contributed by atoms with Crippen molar-refractivity contribution in [2.75, 3.05) is 52.5 Å². The number of piperazine rings is 1. The number of rotatable bonds is 7. The molecule has 0 aliphatic carbocycles. The molecule has 4 aromatic rings. The molecule has 7 rings (SSSR count). The summed E-state index contributed by atoms with van der Waals surface area (Å²) in [5.74, 6) is 0.806. The molecular weight excluding hydrogens is 573 g/mol. The average Bonchev–Trinajstić information content (AvgIpc) is 3.56. The van der Waals surface area contributed by atoms with E-state index in [1.807, 2.05) is 29.8 Å². The van der Waals surface area contributed by atoms with Crippen molar-refractivity contribution in [2.45, 2.75) is 43.4 Å². The minimum atomic E-state index is -4.61. The molecule has 3 aliphatic heterocycles. The lowest BCUT2D eigenvalue weighted by Gasteiger charge is -2.41. The summed E-state index contributed by atoms with van der Waals surface area (Å²) in [5, 5.41) is 11.6. The molecule has 6 heterocycles. The molecule has 0 spiro atoms. The largest absolute Gasteiger partial charge is 0.418 e. The van der Waals surface area contributed by atoms with E-state index in [-0.39, 0.29) is 10.9 Å². The Balaban J connectivity index is 1.17. The topological polar surface area (TPSA) is 84.9 Å². The Bertz CT molecular complexity index is 1690. The second-order valence-corrected chi connectivity index (χ2v) is 12.4. The maximum Gasteiger partial charge on any atom is 0.418 e. The summed E-state index contributed by atoms with van der Waals surface area (Å²) in [6.45, 7) is 7.02. The highest BCUT2D eigenvalue weighted by molar-refractivity contribution is 5.58. The number of aromatic nitrogens is 5. The molecule has 0 unspecified atom stereocenters. The monoisotopic (exact) mass is 610 g/mol. The van der Waals surface area contributed by atoms with Crippen molar-refractivity contribution >= 4 is 5.52 Å². The molecular formula is C31H37F3N8O2. The fraction of sp³-hybridized carbons (Fsp3) is 0.516. The van der Waals surface area contributed by atoms with Gasteiger partial charge in [0.1, 0.15) is 12.2 Å². The van der Waals surface area contributed by atoms with Gasteiger partial charge in [0.15, 0.2) is 0 Å². The maximum absolute atomic E-state index is 14.4. The molecule has 1 aromatic carbocycles. The zero-order valence-corrected chi connectivity index (χ0v) is 24.8. The SMILES string of the molecule is Cn1cnnc1CC1(c2cccc(-n3cc4c(C(F)(F)F)cc(CN5CCC(N6CCNCC6)CC5)cn4c3=O)c2)COC1. The number of aryl methyl sites for hydroxylation is 1. The molecule has 44 heavy (non-hydrogen) atoms. The third-order valence-corrected chi connectivity index (χ3v) is 9.56. The Morgan fingerprint density at radius 2 is 1.84 bits per heavy atom. The number of pyridine rings is 1. The number of fused-ring (bicyclic) bond motifs is 1. The van der Waals surface area contributed by atoms with Crippen LogP contribution in [0.15, 0.2) is 53.8 Å². The van der Waals surface area contributed by atoms with E-state index in [1.54, 1.807) is 18.6 Å². The predicted octanol–water partition coefficient (Wildman–Crippen LogP) is 2.62. The summed E-state index contributed by atoms with van der Waals surface area (Å²) in [4.78, 5) is 18.4. The van der Waals surface area contributed by atoms with Crippen LogP contribution in [-0.4, -0.2) is 92.1 Å². The number of piperidine rings is 1. The van der Waals surface area contributed by atoms with Crippen LogP contribution in [0.3, 0.4) is 0 Å². The predicted molar refractivity (Wildman–Crippen MR) is 158 cm³/mol. The molecule has 10 nitrogen and oxygen atoms in total. The van der Waals surface area contributed by atoms with E-state index in [0.29, 0.717) is 43.5 Å². The van der Waals surface area contributed by atoms with Crippen LogP contribution in [0.2, 0.25) is 0 Å². The first kappa shape index (κ1) is 29.2. The summed E-state index contributed by atoms with van der Waals surface area (Å²) in [5.41, 5.74) is 0.0703. The van der Waals surface area contributed by atoms with Crippen molar-refractivity contribution in [3.63, 3.8) is 0 Å². The molecule has 13 heteroatoms. The molecule has 0 radical (unpaired) electrons. The van der Waals surface area contributed by atoms with Crippen LogP contribution < -0.4 is 11.0 Å². The summed E-state index contributed by atoms with van der Waals surface area (Å²) in [6, 6.07) is 9.14. The summed E-state index contributed by atoms with van der Waals surface area (Å²) in [7, 11) is 1.88. The van der Waals surface area contributed by atoms with Crippen LogP contribution in [0.25, 0.3) is 11.2 Å². The Labute approximate surface area is 253 Å². The molecule has 0 atom stereocenters. The van der Waals surface area contributed by atoms with Gasteiger partial charge in [-0.1, -0.05) is 12.1 Å². The van der Waals surface area contributed by atoms with Crippen LogP contribution in [0.4, 0.5) is 13.2 Å². The summed E-state index contributed by atoms with van der Waals surface area (Å²) in [6.07, 6.45) is 2.49.